The van der Waals surface area contributed by atoms with Crippen LogP contribution in [-0.4, -0.2) is 24.1 Å². The molecule has 0 bridgehead atoms. The molecule has 110 valence electrons. The summed E-state index contributed by atoms with van der Waals surface area (Å²) < 4.78 is 0. The van der Waals surface area contributed by atoms with Gasteiger partial charge in [0.15, 0.2) is 0 Å². The van der Waals surface area contributed by atoms with Crippen LogP contribution in [0.3, 0.4) is 0 Å². The van der Waals surface area contributed by atoms with Crippen molar-refractivity contribution < 1.29 is 9.59 Å². The summed E-state index contributed by atoms with van der Waals surface area (Å²) in [5.74, 6) is -0.574. The van der Waals surface area contributed by atoms with Crippen molar-refractivity contribution in [2.24, 2.45) is 10.7 Å². The molecular weight excluding hydrogens is 278 g/mol. The molecular formula is C17H15N3O2. The highest BCUT2D eigenvalue weighted by atomic mass is 16.2. The van der Waals surface area contributed by atoms with Gasteiger partial charge in [-0.15, -0.1) is 0 Å². The third-order valence-corrected chi connectivity index (χ3v) is 3.51. The lowest BCUT2D eigenvalue weighted by Gasteiger charge is -2.13. The predicted octanol–water partition coefficient (Wildman–Crippen LogP) is 1.77. The number of hydrogen-bond acceptors (Lipinski definition) is 3. The Morgan fingerprint density at radius 2 is 1.95 bits per heavy atom. The Labute approximate surface area is 127 Å². The van der Waals surface area contributed by atoms with E-state index in [9.17, 15) is 9.59 Å². The molecule has 1 atom stereocenters. The molecule has 3 N–H and O–H groups in total. The predicted molar refractivity (Wildman–Crippen MR) is 85.1 cm³/mol. The lowest BCUT2D eigenvalue weighted by atomic mass is 10.1. The first-order chi connectivity index (χ1) is 10.6. The number of amides is 2. The molecule has 1 aliphatic rings. The van der Waals surface area contributed by atoms with Crippen LogP contribution in [0.25, 0.3) is 0 Å². The molecule has 5 nitrogen and oxygen atoms in total. The van der Waals surface area contributed by atoms with E-state index < -0.39 is 6.04 Å². The van der Waals surface area contributed by atoms with Gasteiger partial charge >= 0.3 is 0 Å². The normalized spacial score (nSPS) is 13.8. The molecule has 0 saturated heterocycles. The van der Waals surface area contributed by atoms with Crippen LogP contribution in [0, 0.1) is 0 Å². The minimum absolute atomic E-state index is 0.282. The second-order valence-corrected chi connectivity index (χ2v) is 5.15. The largest absolute Gasteiger partial charge is 0.325 e. The number of benzene rings is 2. The molecule has 2 aromatic rings. The number of anilines is 1. The summed E-state index contributed by atoms with van der Waals surface area (Å²) in [5.41, 5.74) is 8.74. The first-order valence-corrected chi connectivity index (χ1v) is 6.96. The molecule has 0 saturated carbocycles. The first kappa shape index (κ1) is 14.2. The van der Waals surface area contributed by atoms with Crippen LogP contribution in [0.4, 0.5) is 5.69 Å². The molecule has 0 spiro atoms. The zero-order valence-electron chi connectivity index (χ0n) is 11.8. The summed E-state index contributed by atoms with van der Waals surface area (Å²) in [5, 5.41) is 2.74. The molecule has 5 heteroatoms. The third kappa shape index (κ3) is 2.94. The maximum atomic E-state index is 12.1. The summed E-state index contributed by atoms with van der Waals surface area (Å²) >= 11 is 0. The molecule has 0 fully saturated rings. The molecule has 0 unspecified atom stereocenters. The molecule has 1 heterocycles. The molecule has 2 amide bonds. The van der Waals surface area contributed by atoms with Crippen molar-refractivity contribution in [3.63, 3.8) is 0 Å². The molecule has 0 radical (unpaired) electrons. The van der Waals surface area contributed by atoms with Crippen LogP contribution < -0.4 is 11.1 Å². The molecule has 22 heavy (non-hydrogen) atoms. The quantitative estimate of drug-likeness (QED) is 0.901. The topological polar surface area (TPSA) is 84.5 Å². The van der Waals surface area contributed by atoms with E-state index in [0.717, 1.165) is 11.1 Å². The van der Waals surface area contributed by atoms with Gasteiger partial charge < -0.3 is 11.1 Å². The monoisotopic (exact) mass is 293 g/mol. The van der Waals surface area contributed by atoms with Crippen molar-refractivity contribution in [1.29, 1.82) is 0 Å². The molecule has 1 aliphatic heterocycles. The van der Waals surface area contributed by atoms with E-state index in [1.807, 2.05) is 30.3 Å². The Hall–Kier alpha value is -2.79. The van der Waals surface area contributed by atoms with E-state index in [-0.39, 0.29) is 11.8 Å². The Morgan fingerprint density at radius 3 is 2.73 bits per heavy atom. The fourth-order valence-corrected chi connectivity index (χ4v) is 2.33. The third-order valence-electron chi connectivity index (χ3n) is 3.51. The number of carbonyl (C=O) groups is 2. The number of nitrogens with two attached hydrogens (primary N) is 1. The fraction of sp³-hybridized carbons (Fsp3) is 0.118. The van der Waals surface area contributed by atoms with E-state index in [1.165, 1.54) is 6.21 Å². The van der Waals surface area contributed by atoms with E-state index in [1.54, 1.807) is 18.2 Å². The number of nitrogens with one attached hydrogen (secondary N) is 1. The second-order valence-electron chi connectivity index (χ2n) is 5.15. The second kappa shape index (κ2) is 5.91. The van der Waals surface area contributed by atoms with Gasteiger partial charge in [0, 0.05) is 17.5 Å². The van der Waals surface area contributed by atoms with Gasteiger partial charge in [-0.05, 0) is 24.1 Å². The number of aliphatic imine (C=N–C) groups is 1. The lowest BCUT2D eigenvalue weighted by molar-refractivity contribution is -0.117. The van der Waals surface area contributed by atoms with Crippen LogP contribution in [0.2, 0.25) is 0 Å². The van der Waals surface area contributed by atoms with Gasteiger partial charge in [-0.25, -0.2) is 4.99 Å². The zero-order valence-corrected chi connectivity index (χ0v) is 11.8. The highest BCUT2D eigenvalue weighted by Gasteiger charge is 2.18. The number of hydrogen-bond donors (Lipinski definition) is 2. The van der Waals surface area contributed by atoms with Crippen molar-refractivity contribution >= 4 is 23.7 Å². The summed E-state index contributed by atoms with van der Waals surface area (Å²) in [7, 11) is 0. The van der Waals surface area contributed by atoms with Gasteiger partial charge in [0.05, 0.1) is 11.6 Å². The van der Waals surface area contributed by atoms with Crippen molar-refractivity contribution in [1.82, 2.24) is 0 Å². The van der Waals surface area contributed by atoms with Gasteiger partial charge in [-0.1, -0.05) is 36.4 Å². The van der Waals surface area contributed by atoms with Gasteiger partial charge in [0.25, 0.3) is 5.91 Å². The maximum Gasteiger partial charge on any atom is 0.277 e. The van der Waals surface area contributed by atoms with E-state index in [0.29, 0.717) is 17.7 Å². The standard InChI is InChI=1S/C17H15N3O2/c18-15(8-11-4-2-1-3-5-11)17(22)20-13-7-6-12-10-19-16(21)14(12)9-13/h1-7,9-10,15H,8,18H2,(H,20,22)/t15-/m0/s1. The fourth-order valence-electron chi connectivity index (χ4n) is 2.33. The van der Waals surface area contributed by atoms with Crippen LogP contribution in [0.5, 0.6) is 0 Å². The molecule has 0 aliphatic carbocycles. The Balaban J connectivity index is 1.67. The summed E-state index contributed by atoms with van der Waals surface area (Å²) in [6, 6.07) is 14.0. The summed E-state index contributed by atoms with van der Waals surface area (Å²) in [6.07, 6.45) is 1.98. The van der Waals surface area contributed by atoms with Crippen molar-refractivity contribution in [3.8, 4) is 0 Å². The van der Waals surface area contributed by atoms with Crippen LogP contribution in [0.15, 0.2) is 53.5 Å². The highest BCUT2D eigenvalue weighted by molar-refractivity contribution is 6.13. The van der Waals surface area contributed by atoms with E-state index in [2.05, 4.69) is 10.3 Å². The number of nitrogens with zero attached hydrogens (tertiary/aromatic N) is 1. The number of fused-ring (bicyclic) bond motifs is 1. The van der Waals surface area contributed by atoms with Crippen LogP contribution in [-0.2, 0) is 11.2 Å². The van der Waals surface area contributed by atoms with E-state index in [4.69, 9.17) is 5.73 Å². The van der Waals surface area contributed by atoms with Gasteiger partial charge in [-0.2, -0.15) is 0 Å². The highest BCUT2D eigenvalue weighted by Crippen LogP contribution is 2.19. The maximum absolute atomic E-state index is 12.1. The van der Waals surface area contributed by atoms with Crippen molar-refractivity contribution in [3.05, 3.63) is 65.2 Å². The Morgan fingerprint density at radius 1 is 1.18 bits per heavy atom. The average molecular weight is 293 g/mol. The van der Waals surface area contributed by atoms with E-state index >= 15 is 0 Å². The lowest BCUT2D eigenvalue weighted by Crippen LogP contribution is -2.37. The van der Waals surface area contributed by atoms with Gasteiger partial charge in [0.2, 0.25) is 5.91 Å². The van der Waals surface area contributed by atoms with Gasteiger partial charge in [0.1, 0.15) is 0 Å². The zero-order chi connectivity index (χ0) is 15.5. The number of carbonyl (C=O) groups excluding carboxylic acids is 2. The summed E-state index contributed by atoms with van der Waals surface area (Å²) in [6.45, 7) is 0. The number of rotatable bonds is 4. The average Bonchev–Trinajstić information content (AvgIpc) is 2.89. The van der Waals surface area contributed by atoms with Crippen molar-refractivity contribution in [2.45, 2.75) is 12.5 Å². The Kier molecular flexibility index (Phi) is 3.80. The van der Waals surface area contributed by atoms with Crippen LogP contribution in [0.1, 0.15) is 21.5 Å². The minimum Gasteiger partial charge on any atom is -0.325 e. The molecule has 3 rings (SSSR count). The van der Waals surface area contributed by atoms with Crippen molar-refractivity contribution in [2.75, 3.05) is 5.32 Å². The minimum atomic E-state index is -0.650. The summed E-state index contributed by atoms with van der Waals surface area (Å²) in [4.78, 5) is 27.4. The Bertz CT molecular complexity index is 754. The van der Waals surface area contributed by atoms with Gasteiger partial charge in [-0.3, -0.25) is 9.59 Å². The molecule has 0 aromatic heterocycles. The smallest absolute Gasteiger partial charge is 0.277 e. The first-order valence-electron chi connectivity index (χ1n) is 6.96. The molecule has 2 aromatic carbocycles. The SMILES string of the molecule is N[C@@H](Cc1ccccc1)C(=O)Nc1ccc2c(c1)C(=O)N=C2. The van der Waals surface area contributed by atoms with Crippen LogP contribution >= 0.6 is 0 Å².